The Morgan fingerprint density at radius 1 is 1.20 bits per heavy atom. The van der Waals surface area contributed by atoms with Crippen LogP contribution in [-0.2, 0) is 9.53 Å². The van der Waals surface area contributed by atoms with Crippen LogP contribution in [0.25, 0.3) is 0 Å². The summed E-state index contributed by atoms with van der Waals surface area (Å²) in [5.41, 5.74) is 0.647. The van der Waals surface area contributed by atoms with E-state index in [4.69, 9.17) is 4.74 Å². The van der Waals surface area contributed by atoms with Crippen LogP contribution >= 0.6 is 0 Å². The molecule has 1 aromatic carbocycles. The molecule has 1 aromatic rings. The highest BCUT2D eigenvalue weighted by atomic mass is 16.5. The minimum atomic E-state index is -0.114. The van der Waals surface area contributed by atoms with Crippen molar-refractivity contribution in [2.75, 3.05) is 33.4 Å². The fourth-order valence-corrected chi connectivity index (χ4v) is 4.41. The van der Waals surface area contributed by atoms with E-state index in [9.17, 15) is 9.59 Å². The van der Waals surface area contributed by atoms with Gasteiger partial charge in [-0.3, -0.25) is 9.59 Å². The molecule has 1 saturated heterocycles. The molecule has 2 aliphatic rings. The van der Waals surface area contributed by atoms with Gasteiger partial charge >= 0.3 is 0 Å². The molecule has 1 heterocycles. The lowest BCUT2D eigenvalue weighted by Crippen LogP contribution is -2.43. The summed E-state index contributed by atoms with van der Waals surface area (Å²) in [4.78, 5) is 27.6. The van der Waals surface area contributed by atoms with Gasteiger partial charge in [-0.15, -0.1) is 0 Å². The summed E-state index contributed by atoms with van der Waals surface area (Å²) in [5.74, 6) is -0.00244. The van der Waals surface area contributed by atoms with Crippen LogP contribution in [0.1, 0.15) is 42.5 Å². The van der Waals surface area contributed by atoms with Crippen LogP contribution in [0.5, 0.6) is 0 Å². The number of hydrogen-bond donors (Lipinski definition) is 1. The lowest BCUT2D eigenvalue weighted by molar-refractivity contribution is -0.128. The van der Waals surface area contributed by atoms with Gasteiger partial charge < -0.3 is 15.0 Å². The van der Waals surface area contributed by atoms with E-state index in [2.05, 4.69) is 5.32 Å². The van der Waals surface area contributed by atoms with Crippen LogP contribution < -0.4 is 5.32 Å². The summed E-state index contributed by atoms with van der Waals surface area (Å²) < 4.78 is 5.03. The first-order chi connectivity index (χ1) is 12.2. The molecule has 136 valence electrons. The lowest BCUT2D eigenvalue weighted by atomic mass is 9.67. The minimum Gasteiger partial charge on any atom is -0.383 e. The Morgan fingerprint density at radius 3 is 2.60 bits per heavy atom. The zero-order valence-corrected chi connectivity index (χ0v) is 15.0. The number of amides is 2. The fourth-order valence-electron chi connectivity index (χ4n) is 4.41. The van der Waals surface area contributed by atoms with E-state index in [1.165, 1.54) is 6.42 Å². The summed E-state index contributed by atoms with van der Waals surface area (Å²) in [6.07, 6.45) is 5.60. The van der Waals surface area contributed by atoms with Crippen molar-refractivity contribution >= 4 is 11.8 Å². The van der Waals surface area contributed by atoms with Gasteiger partial charge in [0.05, 0.1) is 12.5 Å². The maximum absolute atomic E-state index is 12.9. The molecule has 5 heteroatoms. The summed E-state index contributed by atoms with van der Waals surface area (Å²) in [6.45, 7) is 2.25. The second-order valence-corrected chi connectivity index (χ2v) is 7.31. The minimum absolute atomic E-state index is 0.0396. The molecule has 1 atom stereocenters. The molecule has 1 spiro atoms. The molecule has 0 bridgehead atoms. The number of carbonyl (C=O) groups excluding carboxylic acids is 2. The fraction of sp³-hybridized carbons (Fsp3) is 0.600. The Balaban J connectivity index is 1.76. The van der Waals surface area contributed by atoms with Gasteiger partial charge in [0.1, 0.15) is 0 Å². The molecule has 2 amide bonds. The zero-order chi connectivity index (χ0) is 17.7. The molecule has 1 N–H and O–H groups in total. The van der Waals surface area contributed by atoms with Gasteiger partial charge in [-0.25, -0.2) is 0 Å². The van der Waals surface area contributed by atoms with Gasteiger partial charge in [-0.2, -0.15) is 0 Å². The predicted molar refractivity (Wildman–Crippen MR) is 96.2 cm³/mol. The molecule has 1 aliphatic carbocycles. The standard InChI is InChI=1S/C20H28N2O3/c1-25-13-12-21-18(23)17-14-22(15-20(17)10-6-3-7-11-20)19(24)16-8-4-2-5-9-16/h2,4-5,8-9,17H,3,6-7,10-15H2,1H3,(H,21,23). The van der Waals surface area contributed by atoms with Crippen LogP contribution in [0, 0.1) is 11.3 Å². The normalized spacial score (nSPS) is 22.1. The van der Waals surface area contributed by atoms with Crippen molar-refractivity contribution in [2.45, 2.75) is 32.1 Å². The predicted octanol–water partition coefficient (Wildman–Crippen LogP) is 2.47. The Morgan fingerprint density at radius 2 is 1.92 bits per heavy atom. The molecule has 5 nitrogen and oxygen atoms in total. The van der Waals surface area contributed by atoms with Gasteiger partial charge in [-0.1, -0.05) is 37.5 Å². The van der Waals surface area contributed by atoms with Gasteiger partial charge in [0.2, 0.25) is 5.91 Å². The average molecular weight is 344 g/mol. The molecule has 2 fully saturated rings. The third-order valence-electron chi connectivity index (χ3n) is 5.73. The highest BCUT2D eigenvalue weighted by Crippen LogP contribution is 2.47. The number of nitrogens with one attached hydrogen (secondary N) is 1. The van der Waals surface area contributed by atoms with E-state index in [0.717, 1.165) is 25.7 Å². The van der Waals surface area contributed by atoms with Crippen molar-refractivity contribution in [2.24, 2.45) is 11.3 Å². The maximum atomic E-state index is 12.9. The van der Waals surface area contributed by atoms with Crippen LogP contribution in [0.15, 0.2) is 30.3 Å². The third-order valence-corrected chi connectivity index (χ3v) is 5.73. The van der Waals surface area contributed by atoms with E-state index >= 15 is 0 Å². The summed E-state index contributed by atoms with van der Waals surface area (Å²) >= 11 is 0. The zero-order valence-electron chi connectivity index (χ0n) is 15.0. The number of methoxy groups -OCH3 is 1. The van der Waals surface area contributed by atoms with Gasteiger partial charge in [0.15, 0.2) is 0 Å². The van der Waals surface area contributed by atoms with E-state index in [0.29, 0.717) is 31.8 Å². The summed E-state index contributed by atoms with van der Waals surface area (Å²) in [7, 11) is 1.63. The first-order valence-electron chi connectivity index (χ1n) is 9.27. The number of likely N-dealkylation sites (tertiary alicyclic amines) is 1. The Bertz CT molecular complexity index is 596. The molecule has 0 aromatic heterocycles. The Hall–Kier alpha value is -1.88. The summed E-state index contributed by atoms with van der Waals surface area (Å²) in [6, 6.07) is 9.38. The third kappa shape index (κ3) is 3.87. The monoisotopic (exact) mass is 344 g/mol. The quantitative estimate of drug-likeness (QED) is 0.835. The SMILES string of the molecule is COCCNC(=O)C1CN(C(=O)c2ccccc2)CC12CCCCC2. The van der Waals surface area contributed by atoms with Crippen LogP contribution in [-0.4, -0.2) is 50.1 Å². The first kappa shape index (κ1) is 17.9. The molecule has 3 rings (SSSR count). The number of carbonyl (C=O) groups is 2. The molecule has 0 radical (unpaired) electrons. The number of hydrogen-bond acceptors (Lipinski definition) is 3. The number of rotatable bonds is 5. The highest BCUT2D eigenvalue weighted by Gasteiger charge is 2.51. The molecular formula is C20H28N2O3. The average Bonchev–Trinajstić information content (AvgIpc) is 3.01. The number of benzene rings is 1. The number of nitrogens with zero attached hydrogens (tertiary/aromatic N) is 1. The van der Waals surface area contributed by atoms with Gasteiger partial charge in [-0.05, 0) is 25.0 Å². The Labute approximate surface area is 149 Å². The lowest BCUT2D eigenvalue weighted by Gasteiger charge is -2.37. The van der Waals surface area contributed by atoms with Crippen molar-refractivity contribution < 1.29 is 14.3 Å². The van der Waals surface area contributed by atoms with Crippen LogP contribution in [0.4, 0.5) is 0 Å². The second kappa shape index (κ2) is 8.00. The van der Waals surface area contributed by atoms with E-state index in [1.54, 1.807) is 7.11 Å². The van der Waals surface area contributed by atoms with E-state index in [1.807, 2.05) is 35.2 Å². The van der Waals surface area contributed by atoms with Crippen molar-refractivity contribution in [3.8, 4) is 0 Å². The van der Waals surface area contributed by atoms with Crippen molar-refractivity contribution in [1.29, 1.82) is 0 Å². The van der Waals surface area contributed by atoms with Gasteiger partial charge in [0, 0.05) is 37.7 Å². The highest BCUT2D eigenvalue weighted by molar-refractivity contribution is 5.95. The smallest absolute Gasteiger partial charge is 0.253 e. The molecule has 1 saturated carbocycles. The van der Waals surface area contributed by atoms with Gasteiger partial charge in [0.25, 0.3) is 5.91 Å². The molecule has 1 unspecified atom stereocenters. The first-order valence-corrected chi connectivity index (χ1v) is 9.27. The molecule has 25 heavy (non-hydrogen) atoms. The molecular weight excluding hydrogens is 316 g/mol. The van der Waals surface area contributed by atoms with Crippen molar-refractivity contribution in [3.63, 3.8) is 0 Å². The second-order valence-electron chi connectivity index (χ2n) is 7.31. The Kier molecular flexibility index (Phi) is 5.74. The van der Waals surface area contributed by atoms with Crippen molar-refractivity contribution in [1.82, 2.24) is 10.2 Å². The number of ether oxygens (including phenoxy) is 1. The topological polar surface area (TPSA) is 58.6 Å². The van der Waals surface area contributed by atoms with E-state index < -0.39 is 0 Å². The van der Waals surface area contributed by atoms with Crippen molar-refractivity contribution in [3.05, 3.63) is 35.9 Å². The maximum Gasteiger partial charge on any atom is 0.253 e. The van der Waals surface area contributed by atoms with Crippen LogP contribution in [0.2, 0.25) is 0 Å². The molecule has 1 aliphatic heterocycles. The summed E-state index contributed by atoms with van der Waals surface area (Å²) in [5, 5.41) is 2.99. The van der Waals surface area contributed by atoms with E-state index in [-0.39, 0.29) is 23.1 Å². The van der Waals surface area contributed by atoms with Crippen LogP contribution in [0.3, 0.4) is 0 Å². The largest absolute Gasteiger partial charge is 0.383 e.